The third-order valence-electron chi connectivity index (χ3n) is 14.8. The Morgan fingerprint density at radius 3 is 1.33 bits per heavy atom. The van der Waals surface area contributed by atoms with Crippen LogP contribution in [-0.4, -0.2) is 0 Å². The molecule has 0 heteroatoms. The van der Waals surface area contributed by atoms with Gasteiger partial charge in [0.2, 0.25) is 0 Å². The van der Waals surface area contributed by atoms with Crippen LogP contribution in [0.15, 0.2) is 206 Å². The second-order valence-corrected chi connectivity index (χ2v) is 18.3. The lowest BCUT2D eigenvalue weighted by Gasteiger charge is -2.23. The van der Waals surface area contributed by atoms with Crippen molar-refractivity contribution >= 4 is 75.4 Å². The van der Waals surface area contributed by atoms with E-state index in [4.69, 9.17) is 0 Å². The van der Waals surface area contributed by atoms with E-state index in [9.17, 15) is 0 Å². The molecule has 13 aromatic carbocycles. The molecule has 0 spiro atoms. The summed E-state index contributed by atoms with van der Waals surface area (Å²) >= 11 is 0. The Hall–Kier alpha value is -7.80. The first kappa shape index (κ1) is 34.9. The van der Waals surface area contributed by atoms with Crippen LogP contribution in [-0.2, 0) is 5.41 Å². The number of hydrogen-bond donors (Lipinski definition) is 0. The molecule has 0 atom stereocenters. The fourth-order valence-corrected chi connectivity index (χ4v) is 11.9. The standard InChI is InChI=1S/C63H40/c1-63(2)56-20-8-7-18-49(56)54-35-43(29-34-57(54)63)60-50-19-6-5-17-46(50)53(48-31-26-42-24-22-38-12-10-14-40-28-33-52(48)62(42)59(38)40)36-55(60)45-16-4-3-15-44(45)47-30-25-41-23-21-37-11-9-13-39-27-32-51(47)61(41)58(37)39/h3-36H,1-2H3. The normalized spacial score (nSPS) is 13.4. The van der Waals surface area contributed by atoms with Gasteiger partial charge in [-0.1, -0.05) is 208 Å². The first-order chi connectivity index (χ1) is 31.0. The molecule has 0 unspecified atom stereocenters. The van der Waals surface area contributed by atoms with E-state index in [1.54, 1.807) is 0 Å². The highest BCUT2D eigenvalue weighted by Crippen LogP contribution is 2.53. The van der Waals surface area contributed by atoms with Gasteiger partial charge in [0.25, 0.3) is 0 Å². The van der Waals surface area contributed by atoms with E-state index in [0.29, 0.717) is 0 Å². The van der Waals surface area contributed by atoms with Crippen molar-refractivity contribution in [2.75, 3.05) is 0 Å². The predicted molar refractivity (Wildman–Crippen MR) is 271 cm³/mol. The van der Waals surface area contributed by atoms with Crippen molar-refractivity contribution in [2.24, 2.45) is 0 Å². The summed E-state index contributed by atoms with van der Waals surface area (Å²) in [4.78, 5) is 0. The molecule has 292 valence electrons. The molecule has 63 heavy (non-hydrogen) atoms. The van der Waals surface area contributed by atoms with E-state index >= 15 is 0 Å². The topological polar surface area (TPSA) is 0 Å². The largest absolute Gasteiger partial charge is 0.0619 e. The van der Waals surface area contributed by atoms with E-state index in [1.165, 1.54) is 142 Å². The Bertz CT molecular complexity index is 4020. The highest BCUT2D eigenvalue weighted by molar-refractivity contribution is 6.28. The van der Waals surface area contributed by atoms with Gasteiger partial charge in [0.05, 0.1) is 0 Å². The molecule has 13 aromatic rings. The van der Waals surface area contributed by atoms with Gasteiger partial charge < -0.3 is 0 Å². The average Bonchev–Trinajstić information content (AvgIpc) is 3.57. The smallest absolute Gasteiger partial charge is 0.0158 e. The molecule has 1 aliphatic carbocycles. The molecule has 0 N–H and O–H groups in total. The summed E-state index contributed by atoms with van der Waals surface area (Å²) in [5.74, 6) is 0. The Balaban J connectivity index is 1.10. The van der Waals surface area contributed by atoms with Gasteiger partial charge in [0.1, 0.15) is 0 Å². The molecule has 0 amide bonds. The van der Waals surface area contributed by atoms with Crippen molar-refractivity contribution in [3.63, 3.8) is 0 Å². The minimum atomic E-state index is -0.0736. The van der Waals surface area contributed by atoms with Crippen LogP contribution in [0.25, 0.3) is 131 Å². The van der Waals surface area contributed by atoms with Crippen LogP contribution in [0.3, 0.4) is 0 Å². The zero-order chi connectivity index (χ0) is 41.6. The van der Waals surface area contributed by atoms with Crippen LogP contribution in [0.2, 0.25) is 0 Å². The monoisotopic (exact) mass is 796 g/mol. The lowest BCUT2D eigenvalue weighted by molar-refractivity contribution is 0.660. The van der Waals surface area contributed by atoms with Gasteiger partial charge in [0.15, 0.2) is 0 Å². The summed E-state index contributed by atoms with van der Waals surface area (Å²) in [5.41, 5.74) is 15.3. The summed E-state index contributed by atoms with van der Waals surface area (Å²) < 4.78 is 0. The molecule has 0 aliphatic heterocycles. The van der Waals surface area contributed by atoms with Crippen molar-refractivity contribution in [2.45, 2.75) is 19.3 Å². The molecular formula is C63H40. The number of rotatable bonds is 4. The zero-order valence-electron chi connectivity index (χ0n) is 35.1. The fourth-order valence-electron chi connectivity index (χ4n) is 11.9. The molecule has 0 bridgehead atoms. The van der Waals surface area contributed by atoms with Crippen molar-refractivity contribution in [1.82, 2.24) is 0 Å². The molecule has 1 aliphatic rings. The van der Waals surface area contributed by atoms with Crippen molar-refractivity contribution < 1.29 is 0 Å². The molecule has 0 heterocycles. The van der Waals surface area contributed by atoms with E-state index in [-0.39, 0.29) is 5.41 Å². The van der Waals surface area contributed by atoms with E-state index in [0.717, 1.165) is 0 Å². The van der Waals surface area contributed by atoms with Crippen LogP contribution < -0.4 is 0 Å². The molecular weight excluding hydrogens is 757 g/mol. The van der Waals surface area contributed by atoms with Crippen LogP contribution in [0, 0.1) is 0 Å². The summed E-state index contributed by atoms with van der Waals surface area (Å²) in [5, 5.41) is 18.1. The highest BCUT2D eigenvalue weighted by Gasteiger charge is 2.35. The summed E-state index contributed by atoms with van der Waals surface area (Å²) in [7, 11) is 0. The van der Waals surface area contributed by atoms with Gasteiger partial charge in [0, 0.05) is 5.41 Å². The van der Waals surface area contributed by atoms with Gasteiger partial charge >= 0.3 is 0 Å². The summed E-state index contributed by atoms with van der Waals surface area (Å²) in [6.07, 6.45) is 0. The Morgan fingerprint density at radius 2 is 0.714 bits per heavy atom. The van der Waals surface area contributed by atoms with Crippen LogP contribution in [0.1, 0.15) is 25.0 Å². The predicted octanol–water partition coefficient (Wildman–Crippen LogP) is 17.6. The maximum absolute atomic E-state index is 2.53. The minimum Gasteiger partial charge on any atom is -0.0619 e. The third kappa shape index (κ3) is 4.76. The summed E-state index contributed by atoms with van der Waals surface area (Å²) in [6, 6.07) is 78.3. The SMILES string of the molecule is CC1(C)c2ccccc2-c2cc(-c3c(-c4ccccc4-c4ccc5ccc6cccc7ccc4c5c67)cc(-c4ccc5ccc6cccc7ccc4c5c67)c4ccccc34)ccc21. The van der Waals surface area contributed by atoms with E-state index < -0.39 is 0 Å². The first-order valence-electron chi connectivity index (χ1n) is 22.2. The fraction of sp³-hybridized carbons (Fsp3) is 0.0476. The maximum atomic E-state index is 2.53. The maximum Gasteiger partial charge on any atom is 0.0158 e. The summed E-state index contributed by atoms with van der Waals surface area (Å²) in [6.45, 7) is 4.74. The van der Waals surface area contributed by atoms with Gasteiger partial charge in [-0.15, -0.1) is 0 Å². The van der Waals surface area contributed by atoms with Crippen molar-refractivity contribution in [3.05, 3.63) is 217 Å². The number of fused-ring (bicyclic) bond motifs is 4. The first-order valence-corrected chi connectivity index (χ1v) is 22.2. The second-order valence-electron chi connectivity index (χ2n) is 18.3. The molecule has 14 rings (SSSR count). The minimum absolute atomic E-state index is 0.0736. The molecule has 0 aromatic heterocycles. The molecule has 0 nitrogen and oxygen atoms in total. The Kier molecular flexibility index (Phi) is 6.99. The van der Waals surface area contributed by atoms with Gasteiger partial charge in [-0.25, -0.2) is 0 Å². The Morgan fingerprint density at radius 1 is 0.254 bits per heavy atom. The quantitative estimate of drug-likeness (QED) is 0.156. The third-order valence-corrected chi connectivity index (χ3v) is 14.8. The zero-order valence-corrected chi connectivity index (χ0v) is 35.1. The second kappa shape index (κ2) is 12.6. The van der Waals surface area contributed by atoms with Crippen LogP contribution in [0.5, 0.6) is 0 Å². The van der Waals surface area contributed by atoms with Gasteiger partial charge in [-0.2, -0.15) is 0 Å². The molecule has 0 saturated carbocycles. The average molecular weight is 797 g/mol. The number of hydrogen-bond acceptors (Lipinski definition) is 0. The Labute approximate surface area is 366 Å². The van der Waals surface area contributed by atoms with Crippen molar-refractivity contribution in [3.8, 4) is 55.6 Å². The van der Waals surface area contributed by atoms with E-state index in [2.05, 4.69) is 220 Å². The molecule has 0 radical (unpaired) electrons. The van der Waals surface area contributed by atoms with Crippen LogP contribution >= 0.6 is 0 Å². The van der Waals surface area contributed by atoms with E-state index in [1.807, 2.05) is 0 Å². The molecule has 0 saturated heterocycles. The number of benzene rings is 13. The van der Waals surface area contributed by atoms with Crippen molar-refractivity contribution in [1.29, 1.82) is 0 Å². The van der Waals surface area contributed by atoms with Crippen LogP contribution in [0.4, 0.5) is 0 Å². The lowest BCUT2D eigenvalue weighted by atomic mass is 9.80. The molecule has 0 fully saturated rings. The highest BCUT2D eigenvalue weighted by atomic mass is 14.4. The lowest BCUT2D eigenvalue weighted by Crippen LogP contribution is -2.14. The van der Waals surface area contributed by atoms with Gasteiger partial charge in [-0.05, 0) is 154 Å². The van der Waals surface area contributed by atoms with Gasteiger partial charge in [-0.3, -0.25) is 0 Å².